The van der Waals surface area contributed by atoms with Crippen LogP contribution in [-0.4, -0.2) is 67.2 Å². The number of thiophene rings is 1. The van der Waals surface area contributed by atoms with Gasteiger partial charge in [-0.1, -0.05) is 17.7 Å². The molecule has 1 atom stereocenters. The monoisotopic (exact) mass is 687 g/mol. The van der Waals surface area contributed by atoms with Gasteiger partial charge in [0.05, 0.1) is 37.2 Å². The molecular weight excluding hydrogens is 655 g/mol. The maximum atomic E-state index is 15.0. The number of benzene rings is 1. The van der Waals surface area contributed by atoms with Gasteiger partial charge in [0.15, 0.2) is 17.5 Å². The number of carbonyl (C=O) groups excluding carboxylic acids is 1. The first-order chi connectivity index (χ1) is 22.6. The highest BCUT2D eigenvalue weighted by atomic mass is 35.5. The summed E-state index contributed by atoms with van der Waals surface area (Å²) in [7, 11) is 0. The van der Waals surface area contributed by atoms with Gasteiger partial charge in [-0.25, -0.2) is 27.9 Å². The van der Waals surface area contributed by atoms with E-state index in [1.807, 2.05) is 26.1 Å². The number of pyridine rings is 1. The quantitative estimate of drug-likeness (QED) is 0.150. The van der Waals surface area contributed by atoms with Crippen molar-refractivity contribution in [1.29, 1.82) is 0 Å². The van der Waals surface area contributed by atoms with Crippen LogP contribution in [0.25, 0.3) is 10.3 Å². The van der Waals surface area contributed by atoms with Crippen molar-refractivity contribution in [2.24, 2.45) is 0 Å². The van der Waals surface area contributed by atoms with Crippen molar-refractivity contribution in [3.63, 3.8) is 0 Å². The number of imidazole rings is 2. The molecule has 1 aliphatic heterocycles. The van der Waals surface area contributed by atoms with Crippen molar-refractivity contribution in [3.8, 4) is 5.88 Å². The van der Waals surface area contributed by atoms with Crippen molar-refractivity contribution in [2.45, 2.75) is 53.1 Å². The number of esters is 1. The third kappa shape index (κ3) is 6.94. The van der Waals surface area contributed by atoms with E-state index in [-0.39, 0.29) is 41.6 Å². The minimum Gasteiger partial charge on any atom is -0.471 e. The van der Waals surface area contributed by atoms with E-state index in [9.17, 15) is 13.6 Å². The Kier molecular flexibility index (Phi) is 9.71. The van der Waals surface area contributed by atoms with Crippen LogP contribution < -0.4 is 9.64 Å². The molecule has 47 heavy (non-hydrogen) atoms. The number of anilines is 1. The van der Waals surface area contributed by atoms with Crippen LogP contribution in [0.4, 0.5) is 19.0 Å². The highest BCUT2D eigenvalue weighted by molar-refractivity contribution is 7.20. The fourth-order valence-corrected chi connectivity index (χ4v) is 6.75. The van der Waals surface area contributed by atoms with Crippen LogP contribution in [0.15, 0.2) is 42.9 Å². The van der Waals surface area contributed by atoms with Gasteiger partial charge in [-0.15, -0.1) is 11.3 Å². The fraction of sp³-hybridized carbons (Fsp3) is 0.375. The second-order valence-corrected chi connectivity index (χ2v) is 12.6. The van der Waals surface area contributed by atoms with Gasteiger partial charge in [0.25, 0.3) is 5.88 Å². The highest BCUT2D eigenvalue weighted by Crippen LogP contribution is 2.31. The summed E-state index contributed by atoms with van der Waals surface area (Å²) in [4.78, 5) is 31.1. The Morgan fingerprint density at radius 3 is 2.64 bits per heavy atom. The van der Waals surface area contributed by atoms with Gasteiger partial charge in [0.2, 0.25) is 0 Å². The fourth-order valence-electron chi connectivity index (χ4n) is 5.64. The molecule has 0 bridgehead atoms. The predicted octanol–water partition coefficient (Wildman–Crippen LogP) is 6.29. The molecule has 6 rings (SSSR count). The summed E-state index contributed by atoms with van der Waals surface area (Å²) in [6, 6.07) is 6.59. The Morgan fingerprint density at radius 1 is 1.06 bits per heavy atom. The second kappa shape index (κ2) is 13.9. The molecule has 0 amide bonds. The molecular formula is C32H33ClF3N7O3S. The summed E-state index contributed by atoms with van der Waals surface area (Å²) in [6.07, 6.45) is 3.62. The first kappa shape index (κ1) is 32.8. The van der Waals surface area contributed by atoms with Crippen LogP contribution in [0.1, 0.15) is 47.5 Å². The van der Waals surface area contributed by atoms with Crippen LogP contribution in [0.5, 0.6) is 5.88 Å². The van der Waals surface area contributed by atoms with Gasteiger partial charge in [0, 0.05) is 55.1 Å². The SMILES string of the molecule is CCOC(=O)c1cc2c(nc(CN3CCN(c4nc(OCc5ccc(Cl)cc5F)c(F)cc4F)C[C@@H]3C)n2Cc2cncn2CC)s1. The molecule has 10 nitrogen and oxygen atoms in total. The lowest BCUT2D eigenvalue weighted by atomic mass is 10.2. The number of halogens is 4. The summed E-state index contributed by atoms with van der Waals surface area (Å²) in [5, 5.41) is 0.226. The Morgan fingerprint density at radius 2 is 1.89 bits per heavy atom. The van der Waals surface area contributed by atoms with Crippen molar-refractivity contribution in [2.75, 3.05) is 31.1 Å². The van der Waals surface area contributed by atoms with Crippen molar-refractivity contribution < 1.29 is 27.4 Å². The molecule has 4 aromatic heterocycles. The number of hydrogen-bond acceptors (Lipinski definition) is 9. The predicted molar refractivity (Wildman–Crippen MR) is 173 cm³/mol. The van der Waals surface area contributed by atoms with E-state index in [2.05, 4.69) is 24.0 Å². The lowest BCUT2D eigenvalue weighted by molar-refractivity contribution is 0.0532. The molecule has 1 aliphatic rings. The average Bonchev–Trinajstić information content (AvgIpc) is 3.74. The maximum absolute atomic E-state index is 15.0. The van der Waals surface area contributed by atoms with Gasteiger partial charge >= 0.3 is 5.97 Å². The molecule has 5 heterocycles. The zero-order valence-corrected chi connectivity index (χ0v) is 27.6. The Labute approximate surface area is 278 Å². The third-order valence-electron chi connectivity index (χ3n) is 8.13. The zero-order valence-electron chi connectivity index (χ0n) is 26.1. The number of aryl methyl sites for hydroxylation is 1. The number of nitrogens with zero attached hydrogens (tertiary/aromatic N) is 7. The number of hydrogen-bond donors (Lipinski definition) is 0. The number of rotatable bonds is 11. The molecule has 0 radical (unpaired) electrons. The number of carbonyl (C=O) groups is 1. The Hall–Kier alpha value is -4.14. The molecule has 0 spiro atoms. The molecule has 0 saturated carbocycles. The summed E-state index contributed by atoms with van der Waals surface area (Å²) in [6.45, 7) is 8.98. The van der Waals surface area contributed by atoms with Crippen molar-refractivity contribution in [1.82, 2.24) is 29.0 Å². The Bertz CT molecular complexity index is 1910. The van der Waals surface area contributed by atoms with E-state index >= 15 is 4.39 Å². The molecule has 248 valence electrons. The molecule has 0 aliphatic carbocycles. The van der Waals surface area contributed by atoms with Crippen LogP contribution in [0, 0.1) is 17.5 Å². The van der Waals surface area contributed by atoms with Gasteiger partial charge in [-0.2, -0.15) is 4.98 Å². The third-order valence-corrected chi connectivity index (χ3v) is 9.36. The normalized spacial score (nSPS) is 15.5. The van der Waals surface area contributed by atoms with E-state index in [0.717, 1.165) is 40.5 Å². The topological polar surface area (TPSA) is 90.5 Å². The molecule has 1 saturated heterocycles. The van der Waals surface area contributed by atoms with Gasteiger partial charge < -0.3 is 23.5 Å². The molecule has 5 aromatic rings. The van der Waals surface area contributed by atoms with E-state index in [1.165, 1.54) is 23.5 Å². The van der Waals surface area contributed by atoms with E-state index in [4.69, 9.17) is 26.1 Å². The summed E-state index contributed by atoms with van der Waals surface area (Å²) in [5.41, 5.74) is 2.01. The first-order valence-electron chi connectivity index (χ1n) is 15.2. The van der Waals surface area contributed by atoms with Crippen LogP contribution in [0.3, 0.4) is 0 Å². The number of aromatic nitrogens is 5. The second-order valence-electron chi connectivity index (χ2n) is 11.2. The van der Waals surface area contributed by atoms with E-state index < -0.39 is 23.3 Å². The van der Waals surface area contributed by atoms with E-state index in [1.54, 1.807) is 18.2 Å². The van der Waals surface area contributed by atoms with Crippen molar-refractivity contribution in [3.05, 3.63) is 87.3 Å². The molecule has 0 unspecified atom stereocenters. The van der Waals surface area contributed by atoms with Crippen molar-refractivity contribution >= 4 is 45.1 Å². The van der Waals surface area contributed by atoms with Crippen LogP contribution >= 0.6 is 22.9 Å². The molecule has 1 fully saturated rings. The first-order valence-corrected chi connectivity index (χ1v) is 16.4. The molecule has 15 heteroatoms. The average molecular weight is 688 g/mol. The largest absolute Gasteiger partial charge is 0.471 e. The van der Waals surface area contributed by atoms with E-state index in [0.29, 0.717) is 37.6 Å². The van der Waals surface area contributed by atoms with Gasteiger partial charge in [-0.05, 0) is 39.0 Å². The summed E-state index contributed by atoms with van der Waals surface area (Å²) < 4.78 is 58.7. The number of piperazine rings is 1. The maximum Gasteiger partial charge on any atom is 0.348 e. The summed E-state index contributed by atoms with van der Waals surface area (Å²) in [5.74, 6) is -2.39. The summed E-state index contributed by atoms with van der Waals surface area (Å²) >= 11 is 7.11. The van der Waals surface area contributed by atoms with Crippen LogP contribution in [-0.2, 0) is 31.0 Å². The number of ether oxygens (including phenoxy) is 2. The number of fused-ring (bicyclic) bond motifs is 1. The highest BCUT2D eigenvalue weighted by Gasteiger charge is 2.29. The minimum atomic E-state index is -0.977. The smallest absolute Gasteiger partial charge is 0.348 e. The van der Waals surface area contributed by atoms with Crippen LogP contribution in [0.2, 0.25) is 5.02 Å². The van der Waals surface area contributed by atoms with Gasteiger partial charge in [0.1, 0.15) is 28.0 Å². The Balaban J connectivity index is 1.20. The lowest BCUT2D eigenvalue weighted by Crippen LogP contribution is -2.52. The molecule has 1 aromatic carbocycles. The standard InChI is InChI=1S/C32H33ClF3N7O3S/c1-4-40-18-37-13-22(40)15-43-26-12-27(32(44)45-5-2)47-31(26)38-28(43)16-41-8-9-42(14-19(41)3)29-24(35)11-25(36)30(39-29)46-17-20-6-7-21(33)10-23(20)34/h6-7,10-13,18-19H,4-5,8-9,14-17H2,1-3H3/t19-/m0/s1. The minimum absolute atomic E-state index is 0.0363. The van der Waals surface area contributed by atoms with Gasteiger partial charge in [-0.3, -0.25) is 4.90 Å². The zero-order chi connectivity index (χ0) is 33.2. The molecule has 0 N–H and O–H groups in total. The lowest BCUT2D eigenvalue weighted by Gasteiger charge is -2.40.